The second kappa shape index (κ2) is 8.71. The van der Waals surface area contributed by atoms with E-state index in [9.17, 15) is 9.59 Å². The number of amides is 1. The Morgan fingerprint density at radius 3 is 2.59 bits per heavy atom. The lowest BCUT2D eigenvalue weighted by Crippen LogP contribution is -2.31. The molecule has 0 bridgehead atoms. The van der Waals surface area contributed by atoms with E-state index in [2.05, 4.69) is 11.4 Å². The quantitative estimate of drug-likeness (QED) is 0.779. The number of hydrogen-bond donors (Lipinski definition) is 1. The molecule has 0 aliphatic heterocycles. The molecule has 1 aliphatic carbocycles. The molecule has 5 nitrogen and oxygen atoms in total. The first-order valence-electron chi connectivity index (χ1n) is 9.44. The third-order valence-corrected chi connectivity index (χ3v) is 4.68. The van der Waals surface area contributed by atoms with Crippen LogP contribution in [0, 0.1) is 0 Å². The molecule has 0 saturated heterocycles. The van der Waals surface area contributed by atoms with E-state index < -0.39 is 12.1 Å². The number of para-hydroxylation sites is 1. The zero-order valence-corrected chi connectivity index (χ0v) is 15.8. The molecule has 142 valence electrons. The molecular formula is C22H25NO4. The number of aryl methyl sites for hydroxylation is 2. The van der Waals surface area contributed by atoms with Gasteiger partial charge in [-0.05, 0) is 74.9 Å². The van der Waals surface area contributed by atoms with Gasteiger partial charge in [-0.1, -0.05) is 18.2 Å². The van der Waals surface area contributed by atoms with Crippen molar-refractivity contribution in [2.24, 2.45) is 0 Å². The number of rotatable bonds is 6. The monoisotopic (exact) mass is 367 g/mol. The highest BCUT2D eigenvalue weighted by molar-refractivity contribution is 6.02. The first-order chi connectivity index (χ1) is 13.1. The van der Waals surface area contributed by atoms with E-state index in [1.807, 2.05) is 12.1 Å². The molecule has 0 radical (unpaired) electrons. The minimum absolute atomic E-state index is 0.277. The average Bonchev–Trinajstić information content (AvgIpc) is 2.68. The molecule has 1 amide bonds. The Morgan fingerprint density at radius 1 is 1.07 bits per heavy atom. The van der Waals surface area contributed by atoms with Gasteiger partial charge >= 0.3 is 5.97 Å². The maximum Gasteiger partial charge on any atom is 0.340 e. The fourth-order valence-corrected chi connectivity index (χ4v) is 3.25. The van der Waals surface area contributed by atoms with Crippen molar-refractivity contribution in [2.45, 2.75) is 45.6 Å². The highest BCUT2D eigenvalue weighted by Crippen LogP contribution is 2.26. The second-order valence-electron chi connectivity index (χ2n) is 6.65. The van der Waals surface area contributed by atoms with Gasteiger partial charge in [0, 0.05) is 0 Å². The number of ether oxygens (including phenoxy) is 2. The zero-order valence-electron chi connectivity index (χ0n) is 15.8. The van der Waals surface area contributed by atoms with Crippen LogP contribution in [0.1, 0.15) is 48.2 Å². The van der Waals surface area contributed by atoms with Crippen molar-refractivity contribution in [2.75, 3.05) is 11.9 Å². The number of benzene rings is 2. The summed E-state index contributed by atoms with van der Waals surface area (Å²) in [5, 5.41) is 2.77. The summed E-state index contributed by atoms with van der Waals surface area (Å²) in [6.45, 7) is 3.72. The van der Waals surface area contributed by atoms with Crippen molar-refractivity contribution in [1.82, 2.24) is 0 Å². The number of nitrogens with one attached hydrogen (secondary N) is 1. The highest BCUT2D eigenvalue weighted by Gasteiger charge is 2.19. The van der Waals surface area contributed by atoms with Crippen molar-refractivity contribution in [1.29, 1.82) is 0 Å². The predicted molar refractivity (Wildman–Crippen MR) is 104 cm³/mol. The lowest BCUT2D eigenvalue weighted by molar-refractivity contribution is -0.122. The van der Waals surface area contributed by atoms with Crippen LogP contribution in [0.5, 0.6) is 5.75 Å². The first-order valence-corrected chi connectivity index (χ1v) is 9.44. The number of anilines is 1. The summed E-state index contributed by atoms with van der Waals surface area (Å²) in [5.74, 6) is -0.0851. The SMILES string of the molecule is CCOC(=O)c1ccccc1NC(=O)[C@@H](C)Oc1ccc2c(c1)CCCC2. The van der Waals surface area contributed by atoms with Crippen LogP contribution in [0.15, 0.2) is 42.5 Å². The smallest absolute Gasteiger partial charge is 0.340 e. The van der Waals surface area contributed by atoms with E-state index in [4.69, 9.17) is 9.47 Å². The molecular weight excluding hydrogens is 342 g/mol. The van der Waals surface area contributed by atoms with Crippen LogP contribution in [0.3, 0.4) is 0 Å². The molecule has 27 heavy (non-hydrogen) atoms. The van der Waals surface area contributed by atoms with Gasteiger partial charge < -0.3 is 14.8 Å². The molecule has 1 N–H and O–H groups in total. The van der Waals surface area contributed by atoms with Crippen molar-refractivity contribution < 1.29 is 19.1 Å². The Morgan fingerprint density at radius 2 is 1.81 bits per heavy atom. The number of carbonyl (C=O) groups excluding carboxylic acids is 2. The van der Waals surface area contributed by atoms with Crippen LogP contribution >= 0.6 is 0 Å². The largest absolute Gasteiger partial charge is 0.481 e. The maximum absolute atomic E-state index is 12.6. The Kier molecular flexibility index (Phi) is 6.12. The van der Waals surface area contributed by atoms with Crippen LogP contribution in [0.4, 0.5) is 5.69 Å². The van der Waals surface area contributed by atoms with Gasteiger partial charge in [0.25, 0.3) is 5.91 Å². The predicted octanol–water partition coefficient (Wildman–Crippen LogP) is 4.15. The van der Waals surface area contributed by atoms with Gasteiger partial charge in [0.05, 0.1) is 17.9 Å². The van der Waals surface area contributed by atoms with Gasteiger partial charge in [-0.3, -0.25) is 4.79 Å². The van der Waals surface area contributed by atoms with Gasteiger partial charge in [-0.25, -0.2) is 4.79 Å². The summed E-state index contributed by atoms with van der Waals surface area (Å²) in [5.41, 5.74) is 3.42. The van der Waals surface area contributed by atoms with Gasteiger partial charge in [0.1, 0.15) is 5.75 Å². The van der Waals surface area contributed by atoms with Crippen molar-refractivity contribution in [3.8, 4) is 5.75 Å². The van der Waals surface area contributed by atoms with Gasteiger partial charge in [-0.2, -0.15) is 0 Å². The molecule has 2 aromatic carbocycles. The van der Waals surface area contributed by atoms with Crippen LogP contribution in [0.25, 0.3) is 0 Å². The Bertz CT molecular complexity index is 831. The molecule has 0 unspecified atom stereocenters. The van der Waals surface area contributed by atoms with Crippen LogP contribution in [-0.2, 0) is 22.4 Å². The molecule has 3 rings (SSSR count). The fraction of sp³-hybridized carbons (Fsp3) is 0.364. The summed E-state index contributed by atoms with van der Waals surface area (Å²) in [6.07, 6.45) is 3.89. The number of hydrogen-bond acceptors (Lipinski definition) is 4. The third-order valence-electron chi connectivity index (χ3n) is 4.68. The van der Waals surface area contributed by atoms with E-state index in [0.29, 0.717) is 17.0 Å². The van der Waals surface area contributed by atoms with E-state index in [1.54, 1.807) is 38.1 Å². The van der Waals surface area contributed by atoms with Crippen LogP contribution < -0.4 is 10.1 Å². The lowest BCUT2D eigenvalue weighted by atomic mass is 9.92. The Hall–Kier alpha value is -2.82. The van der Waals surface area contributed by atoms with E-state index in [1.165, 1.54) is 24.0 Å². The molecule has 0 heterocycles. The normalized spacial score (nSPS) is 14.0. The minimum Gasteiger partial charge on any atom is -0.481 e. The summed E-state index contributed by atoms with van der Waals surface area (Å²) >= 11 is 0. The van der Waals surface area contributed by atoms with E-state index in [0.717, 1.165) is 12.8 Å². The van der Waals surface area contributed by atoms with Crippen LogP contribution in [-0.4, -0.2) is 24.6 Å². The molecule has 1 aliphatic rings. The Labute approximate surface area is 159 Å². The van der Waals surface area contributed by atoms with Crippen molar-refractivity contribution >= 4 is 17.6 Å². The van der Waals surface area contributed by atoms with Crippen LogP contribution in [0.2, 0.25) is 0 Å². The van der Waals surface area contributed by atoms with E-state index >= 15 is 0 Å². The van der Waals surface area contributed by atoms with Gasteiger partial charge in [0.2, 0.25) is 0 Å². The highest BCUT2D eigenvalue weighted by atomic mass is 16.5. The molecule has 5 heteroatoms. The second-order valence-corrected chi connectivity index (χ2v) is 6.65. The molecule has 2 aromatic rings. The summed E-state index contributed by atoms with van der Waals surface area (Å²) < 4.78 is 10.9. The van der Waals surface area contributed by atoms with Crippen molar-refractivity contribution in [3.63, 3.8) is 0 Å². The molecule has 0 spiro atoms. The topological polar surface area (TPSA) is 64.6 Å². The zero-order chi connectivity index (χ0) is 19.2. The number of fused-ring (bicyclic) bond motifs is 1. The number of esters is 1. The molecule has 1 atom stereocenters. The first kappa shape index (κ1) is 19.0. The third kappa shape index (κ3) is 4.67. The Balaban J connectivity index is 1.67. The molecule has 0 aromatic heterocycles. The summed E-state index contributed by atoms with van der Waals surface area (Å²) in [6, 6.07) is 12.8. The molecule has 0 saturated carbocycles. The minimum atomic E-state index is -0.693. The lowest BCUT2D eigenvalue weighted by Gasteiger charge is -2.19. The fourth-order valence-electron chi connectivity index (χ4n) is 3.25. The summed E-state index contributed by atoms with van der Waals surface area (Å²) in [4.78, 5) is 24.6. The van der Waals surface area contributed by atoms with Gasteiger partial charge in [-0.15, -0.1) is 0 Å². The van der Waals surface area contributed by atoms with Gasteiger partial charge in [0.15, 0.2) is 6.10 Å². The molecule has 0 fully saturated rings. The average molecular weight is 367 g/mol. The number of carbonyl (C=O) groups is 2. The summed E-state index contributed by atoms with van der Waals surface area (Å²) in [7, 11) is 0. The van der Waals surface area contributed by atoms with E-state index in [-0.39, 0.29) is 12.5 Å². The van der Waals surface area contributed by atoms with Crippen molar-refractivity contribution in [3.05, 3.63) is 59.2 Å². The maximum atomic E-state index is 12.6. The standard InChI is InChI=1S/C22H25NO4/c1-3-26-22(25)19-10-6-7-11-20(19)23-21(24)15(2)27-18-13-12-16-8-4-5-9-17(16)14-18/h6-7,10-15H,3-5,8-9H2,1-2H3,(H,23,24)/t15-/m1/s1.